The van der Waals surface area contributed by atoms with E-state index in [4.69, 9.17) is 4.74 Å². The minimum atomic E-state index is 0.0317. The number of nitrogens with zero attached hydrogens (tertiary/aromatic N) is 2. The van der Waals surface area contributed by atoms with Crippen LogP contribution in [0.2, 0.25) is 0 Å². The largest absolute Gasteiger partial charge is 0.376 e. The van der Waals surface area contributed by atoms with Crippen LogP contribution in [0.25, 0.3) is 0 Å². The SMILES string of the molecule is O=C(NCC1CCCC1)N(Cc1ccncc1)CC1CCCO1. The third kappa shape index (κ3) is 4.93. The summed E-state index contributed by atoms with van der Waals surface area (Å²) in [5.41, 5.74) is 1.11. The van der Waals surface area contributed by atoms with E-state index in [0.29, 0.717) is 19.0 Å². The molecule has 2 fully saturated rings. The van der Waals surface area contributed by atoms with Crippen LogP contribution < -0.4 is 5.32 Å². The molecule has 5 heteroatoms. The Labute approximate surface area is 138 Å². The first-order chi connectivity index (χ1) is 11.3. The second kappa shape index (κ2) is 8.29. The fraction of sp³-hybridized carbons (Fsp3) is 0.667. The highest BCUT2D eigenvalue weighted by atomic mass is 16.5. The summed E-state index contributed by atoms with van der Waals surface area (Å²) in [7, 11) is 0. The van der Waals surface area contributed by atoms with Crippen molar-refractivity contribution in [2.24, 2.45) is 5.92 Å². The molecule has 2 amide bonds. The zero-order chi connectivity index (χ0) is 15.9. The molecule has 1 N–H and O–H groups in total. The highest BCUT2D eigenvalue weighted by molar-refractivity contribution is 5.74. The molecular formula is C18H27N3O2. The molecule has 1 aliphatic heterocycles. The molecule has 1 aromatic heterocycles. The second-order valence-corrected chi connectivity index (χ2v) is 6.71. The third-order valence-electron chi connectivity index (χ3n) is 4.87. The average molecular weight is 317 g/mol. The van der Waals surface area contributed by atoms with Gasteiger partial charge in [0.25, 0.3) is 0 Å². The van der Waals surface area contributed by atoms with Crippen LogP contribution in [0.3, 0.4) is 0 Å². The van der Waals surface area contributed by atoms with Gasteiger partial charge in [0.2, 0.25) is 0 Å². The highest BCUT2D eigenvalue weighted by Gasteiger charge is 2.24. The van der Waals surface area contributed by atoms with Crippen molar-refractivity contribution in [1.29, 1.82) is 0 Å². The van der Waals surface area contributed by atoms with Crippen molar-refractivity contribution >= 4 is 6.03 Å². The van der Waals surface area contributed by atoms with Crippen molar-refractivity contribution in [3.05, 3.63) is 30.1 Å². The van der Waals surface area contributed by atoms with E-state index in [2.05, 4.69) is 10.3 Å². The van der Waals surface area contributed by atoms with Gasteiger partial charge in [-0.05, 0) is 49.3 Å². The van der Waals surface area contributed by atoms with Gasteiger partial charge in [-0.25, -0.2) is 4.79 Å². The fourth-order valence-electron chi connectivity index (χ4n) is 3.52. The van der Waals surface area contributed by atoms with Gasteiger partial charge in [-0.15, -0.1) is 0 Å². The first kappa shape index (κ1) is 16.2. The van der Waals surface area contributed by atoms with Crippen molar-refractivity contribution in [3.63, 3.8) is 0 Å². The number of urea groups is 1. The lowest BCUT2D eigenvalue weighted by molar-refractivity contribution is 0.0793. The first-order valence-corrected chi connectivity index (χ1v) is 8.84. The molecule has 2 aliphatic rings. The second-order valence-electron chi connectivity index (χ2n) is 6.71. The molecule has 0 aromatic carbocycles. The molecule has 5 nitrogen and oxygen atoms in total. The van der Waals surface area contributed by atoms with Crippen LogP contribution >= 0.6 is 0 Å². The molecule has 126 valence electrons. The first-order valence-electron chi connectivity index (χ1n) is 8.84. The monoisotopic (exact) mass is 317 g/mol. The molecule has 1 saturated heterocycles. The number of nitrogens with one attached hydrogen (secondary N) is 1. The number of rotatable bonds is 6. The van der Waals surface area contributed by atoms with Crippen LogP contribution in [0, 0.1) is 5.92 Å². The molecule has 2 heterocycles. The fourth-order valence-corrected chi connectivity index (χ4v) is 3.52. The van der Waals surface area contributed by atoms with Gasteiger partial charge in [-0.2, -0.15) is 0 Å². The highest BCUT2D eigenvalue weighted by Crippen LogP contribution is 2.24. The van der Waals surface area contributed by atoms with Crippen LogP contribution in [0.15, 0.2) is 24.5 Å². The van der Waals surface area contributed by atoms with Crippen LogP contribution in [0.4, 0.5) is 4.79 Å². The zero-order valence-corrected chi connectivity index (χ0v) is 13.7. The van der Waals surface area contributed by atoms with Gasteiger partial charge in [0, 0.05) is 38.6 Å². The smallest absolute Gasteiger partial charge is 0.317 e. The normalized spacial score (nSPS) is 21.5. The predicted molar refractivity (Wildman–Crippen MR) is 89.0 cm³/mol. The summed E-state index contributed by atoms with van der Waals surface area (Å²) in [6, 6.07) is 3.96. The van der Waals surface area contributed by atoms with E-state index in [-0.39, 0.29) is 12.1 Å². The Hall–Kier alpha value is -1.62. The van der Waals surface area contributed by atoms with Gasteiger partial charge in [0.1, 0.15) is 0 Å². The Morgan fingerprint density at radius 2 is 2.00 bits per heavy atom. The molecule has 1 atom stereocenters. The molecule has 3 rings (SSSR count). The van der Waals surface area contributed by atoms with E-state index in [1.807, 2.05) is 17.0 Å². The van der Waals surface area contributed by atoms with Gasteiger partial charge in [0.15, 0.2) is 0 Å². The summed E-state index contributed by atoms with van der Waals surface area (Å²) >= 11 is 0. The molecule has 1 saturated carbocycles. The lowest BCUT2D eigenvalue weighted by Crippen LogP contribution is -2.44. The van der Waals surface area contributed by atoms with E-state index in [9.17, 15) is 4.79 Å². The number of ether oxygens (including phenoxy) is 1. The molecule has 0 spiro atoms. The molecule has 0 bridgehead atoms. The number of hydrogen-bond donors (Lipinski definition) is 1. The van der Waals surface area contributed by atoms with Crippen molar-refractivity contribution < 1.29 is 9.53 Å². The molecule has 1 unspecified atom stereocenters. The maximum absolute atomic E-state index is 12.6. The van der Waals surface area contributed by atoms with Crippen LogP contribution in [0.1, 0.15) is 44.1 Å². The lowest BCUT2D eigenvalue weighted by Gasteiger charge is -2.26. The number of pyridine rings is 1. The topological polar surface area (TPSA) is 54.5 Å². The standard InChI is InChI=1S/C18H27N3O2/c22-18(20-12-15-4-1-2-5-15)21(14-17-6-3-11-23-17)13-16-7-9-19-10-8-16/h7-10,15,17H,1-6,11-14H2,(H,20,22). The average Bonchev–Trinajstić information content (AvgIpc) is 3.26. The van der Waals surface area contributed by atoms with E-state index in [0.717, 1.165) is 31.6 Å². The van der Waals surface area contributed by atoms with Crippen molar-refractivity contribution in [3.8, 4) is 0 Å². The van der Waals surface area contributed by atoms with Gasteiger partial charge in [0.05, 0.1) is 6.10 Å². The quantitative estimate of drug-likeness (QED) is 0.877. The summed E-state index contributed by atoms with van der Waals surface area (Å²) in [6.07, 6.45) is 11.0. The van der Waals surface area contributed by atoms with E-state index in [1.165, 1.54) is 25.7 Å². The zero-order valence-electron chi connectivity index (χ0n) is 13.7. The minimum absolute atomic E-state index is 0.0317. The summed E-state index contributed by atoms with van der Waals surface area (Å²) in [4.78, 5) is 18.6. The molecule has 0 radical (unpaired) electrons. The molecule has 1 aliphatic carbocycles. The van der Waals surface area contributed by atoms with Crippen molar-refractivity contribution in [2.75, 3.05) is 19.7 Å². The van der Waals surface area contributed by atoms with Crippen molar-refractivity contribution in [2.45, 2.75) is 51.2 Å². The third-order valence-corrected chi connectivity index (χ3v) is 4.87. The lowest BCUT2D eigenvalue weighted by atomic mass is 10.1. The van der Waals surface area contributed by atoms with E-state index < -0.39 is 0 Å². The van der Waals surface area contributed by atoms with Gasteiger partial charge >= 0.3 is 6.03 Å². The Balaban J connectivity index is 1.57. The Morgan fingerprint density at radius 3 is 2.70 bits per heavy atom. The summed E-state index contributed by atoms with van der Waals surface area (Å²) in [6.45, 7) is 2.90. The molecular weight excluding hydrogens is 290 g/mol. The Bertz CT molecular complexity index is 482. The van der Waals surface area contributed by atoms with Gasteiger partial charge in [-0.1, -0.05) is 12.8 Å². The summed E-state index contributed by atoms with van der Waals surface area (Å²) in [5.74, 6) is 0.657. The van der Waals surface area contributed by atoms with Crippen LogP contribution in [0.5, 0.6) is 0 Å². The maximum Gasteiger partial charge on any atom is 0.317 e. The minimum Gasteiger partial charge on any atom is -0.376 e. The van der Waals surface area contributed by atoms with E-state index >= 15 is 0 Å². The van der Waals surface area contributed by atoms with Gasteiger partial charge in [-0.3, -0.25) is 4.98 Å². The van der Waals surface area contributed by atoms with E-state index in [1.54, 1.807) is 12.4 Å². The van der Waals surface area contributed by atoms with Crippen LogP contribution in [-0.2, 0) is 11.3 Å². The maximum atomic E-state index is 12.6. The predicted octanol–water partition coefficient (Wildman–Crippen LogP) is 2.96. The number of carbonyl (C=O) groups is 1. The Morgan fingerprint density at radius 1 is 1.22 bits per heavy atom. The summed E-state index contributed by atoms with van der Waals surface area (Å²) in [5, 5.41) is 3.13. The van der Waals surface area contributed by atoms with Crippen molar-refractivity contribution in [1.82, 2.24) is 15.2 Å². The van der Waals surface area contributed by atoms with Crippen LogP contribution in [-0.4, -0.2) is 41.7 Å². The molecule has 23 heavy (non-hydrogen) atoms. The number of aromatic nitrogens is 1. The van der Waals surface area contributed by atoms with Gasteiger partial charge < -0.3 is 15.0 Å². The number of hydrogen-bond acceptors (Lipinski definition) is 3. The number of carbonyl (C=O) groups excluding carboxylic acids is 1. The summed E-state index contributed by atoms with van der Waals surface area (Å²) < 4.78 is 5.72. The molecule has 1 aromatic rings. The number of amides is 2. The Kier molecular flexibility index (Phi) is 5.86.